The number of amides is 2. The van der Waals surface area contributed by atoms with Crippen LogP contribution in [-0.4, -0.2) is 40.3 Å². The lowest BCUT2D eigenvalue weighted by Gasteiger charge is -2.22. The number of rotatable bonds is 7. The number of nitrogens with one attached hydrogen (secondary N) is 1. The number of likely N-dealkylation sites (N-methyl/N-ethyl adjacent to an activating group) is 1. The van der Waals surface area contributed by atoms with Gasteiger partial charge in [-0.15, -0.1) is 0 Å². The van der Waals surface area contributed by atoms with Crippen LogP contribution in [0.1, 0.15) is 27.7 Å². The summed E-state index contributed by atoms with van der Waals surface area (Å²) in [6.07, 6.45) is 5.13. The molecule has 2 amide bonds. The second kappa shape index (κ2) is 9.57. The molecule has 0 aliphatic rings. The highest BCUT2D eigenvalue weighted by Gasteiger charge is 2.16. The third kappa shape index (κ3) is 5.70. The summed E-state index contributed by atoms with van der Waals surface area (Å²) < 4.78 is 0. The molecule has 0 saturated heterocycles. The highest BCUT2D eigenvalue weighted by Crippen LogP contribution is 2.15. The summed E-state index contributed by atoms with van der Waals surface area (Å²) in [6.45, 7) is 0.369. The summed E-state index contributed by atoms with van der Waals surface area (Å²) in [5.74, 6) is -0.258. The molecule has 0 aliphatic heterocycles. The molecule has 0 radical (unpaired) electrons. The maximum absolute atomic E-state index is 12.4. The van der Waals surface area contributed by atoms with E-state index in [9.17, 15) is 9.59 Å². The molecule has 7 nitrogen and oxygen atoms in total. The lowest BCUT2D eigenvalue weighted by Crippen LogP contribution is -2.35. The number of pyridine rings is 2. The Kier molecular flexibility index (Phi) is 6.65. The van der Waals surface area contributed by atoms with Gasteiger partial charge in [-0.3, -0.25) is 19.6 Å². The maximum atomic E-state index is 12.4. The minimum Gasteiger partial charge on any atom is -0.344 e. The zero-order valence-corrected chi connectivity index (χ0v) is 16.2. The maximum Gasteiger partial charge on any atom is 0.255 e. The Balaban J connectivity index is 1.56. The molecule has 148 valence electrons. The molecular formula is C22H23N5O2. The largest absolute Gasteiger partial charge is 0.344 e. The van der Waals surface area contributed by atoms with Crippen molar-refractivity contribution in [3.63, 3.8) is 0 Å². The number of benzene rings is 1. The van der Waals surface area contributed by atoms with Gasteiger partial charge in [0.1, 0.15) is 0 Å². The fraction of sp³-hybridized carbons (Fsp3) is 0.182. The quantitative estimate of drug-likeness (QED) is 0.646. The van der Waals surface area contributed by atoms with E-state index in [1.54, 1.807) is 54.8 Å². The SMILES string of the molecule is CN(CC(N)c1ccc(C(=O)Nc2ccncc2)cc1)C(=O)Cc1ccccn1. The molecule has 3 rings (SSSR count). The fourth-order valence-electron chi connectivity index (χ4n) is 2.82. The van der Waals surface area contributed by atoms with Crippen molar-refractivity contribution in [1.29, 1.82) is 0 Å². The van der Waals surface area contributed by atoms with Crippen molar-refractivity contribution in [3.05, 3.63) is 90.0 Å². The summed E-state index contributed by atoms with van der Waals surface area (Å²) in [5.41, 5.74) is 9.04. The topological polar surface area (TPSA) is 101 Å². The van der Waals surface area contributed by atoms with E-state index in [0.29, 0.717) is 17.8 Å². The molecule has 1 aromatic carbocycles. The van der Waals surface area contributed by atoms with Crippen molar-refractivity contribution in [3.8, 4) is 0 Å². The third-order valence-electron chi connectivity index (χ3n) is 4.49. The van der Waals surface area contributed by atoms with Gasteiger partial charge in [-0.1, -0.05) is 18.2 Å². The number of hydrogen-bond acceptors (Lipinski definition) is 5. The molecule has 0 bridgehead atoms. The van der Waals surface area contributed by atoms with E-state index < -0.39 is 0 Å². The summed E-state index contributed by atoms with van der Waals surface area (Å²) in [5, 5.41) is 2.81. The first kappa shape index (κ1) is 20.2. The molecule has 0 saturated carbocycles. The van der Waals surface area contributed by atoms with Crippen molar-refractivity contribution >= 4 is 17.5 Å². The van der Waals surface area contributed by atoms with Gasteiger partial charge in [0.05, 0.1) is 6.42 Å². The van der Waals surface area contributed by atoms with Crippen LogP contribution in [0.2, 0.25) is 0 Å². The smallest absolute Gasteiger partial charge is 0.255 e. The predicted octanol–water partition coefficient (Wildman–Crippen LogP) is 2.43. The molecule has 1 atom stereocenters. The average molecular weight is 389 g/mol. The van der Waals surface area contributed by atoms with Gasteiger partial charge in [0.15, 0.2) is 0 Å². The molecule has 0 fully saturated rings. The Hall–Kier alpha value is -3.58. The van der Waals surface area contributed by atoms with Crippen LogP contribution in [-0.2, 0) is 11.2 Å². The fourth-order valence-corrected chi connectivity index (χ4v) is 2.82. The lowest BCUT2D eigenvalue weighted by atomic mass is 10.0. The number of nitrogens with zero attached hydrogens (tertiary/aromatic N) is 3. The van der Waals surface area contributed by atoms with Crippen molar-refractivity contribution in [1.82, 2.24) is 14.9 Å². The zero-order valence-electron chi connectivity index (χ0n) is 16.2. The van der Waals surface area contributed by atoms with E-state index in [-0.39, 0.29) is 24.3 Å². The van der Waals surface area contributed by atoms with Gasteiger partial charge in [-0.25, -0.2) is 0 Å². The molecule has 7 heteroatoms. The van der Waals surface area contributed by atoms with Crippen molar-refractivity contribution in [2.24, 2.45) is 5.73 Å². The third-order valence-corrected chi connectivity index (χ3v) is 4.49. The summed E-state index contributed by atoms with van der Waals surface area (Å²) >= 11 is 0. The molecule has 0 spiro atoms. The van der Waals surface area contributed by atoms with E-state index >= 15 is 0 Å². The average Bonchev–Trinajstić information content (AvgIpc) is 2.75. The molecule has 1 unspecified atom stereocenters. The van der Waals surface area contributed by atoms with Gasteiger partial charge < -0.3 is 16.0 Å². The number of carbonyl (C=O) groups excluding carboxylic acids is 2. The number of hydrogen-bond donors (Lipinski definition) is 2. The molecule has 3 aromatic rings. The Morgan fingerprint density at radius 1 is 1.03 bits per heavy atom. The second-order valence-corrected chi connectivity index (χ2v) is 6.69. The van der Waals surface area contributed by atoms with E-state index in [2.05, 4.69) is 15.3 Å². The Morgan fingerprint density at radius 2 is 1.76 bits per heavy atom. The lowest BCUT2D eigenvalue weighted by molar-refractivity contribution is -0.129. The van der Waals surface area contributed by atoms with Gasteiger partial charge in [0, 0.05) is 55.2 Å². The molecule has 29 heavy (non-hydrogen) atoms. The van der Waals surface area contributed by atoms with Gasteiger partial charge >= 0.3 is 0 Å². The molecule has 2 aromatic heterocycles. The van der Waals surface area contributed by atoms with Crippen LogP contribution >= 0.6 is 0 Å². The number of aromatic nitrogens is 2. The normalized spacial score (nSPS) is 11.5. The Morgan fingerprint density at radius 3 is 2.41 bits per heavy atom. The predicted molar refractivity (Wildman–Crippen MR) is 111 cm³/mol. The Bertz CT molecular complexity index is 946. The summed E-state index contributed by atoms with van der Waals surface area (Å²) in [7, 11) is 1.72. The number of anilines is 1. The van der Waals surface area contributed by atoms with Crippen molar-refractivity contribution in [2.45, 2.75) is 12.5 Å². The molecular weight excluding hydrogens is 366 g/mol. The molecule has 2 heterocycles. The number of carbonyl (C=O) groups is 2. The molecule has 0 aliphatic carbocycles. The highest BCUT2D eigenvalue weighted by molar-refractivity contribution is 6.04. The second-order valence-electron chi connectivity index (χ2n) is 6.69. The summed E-state index contributed by atoms with van der Waals surface area (Å²) in [4.78, 5) is 34.4. The zero-order chi connectivity index (χ0) is 20.6. The van der Waals surface area contributed by atoms with E-state index in [1.807, 2.05) is 30.3 Å². The first-order chi connectivity index (χ1) is 14.0. The van der Waals surface area contributed by atoms with Crippen LogP contribution in [0.5, 0.6) is 0 Å². The monoisotopic (exact) mass is 389 g/mol. The highest BCUT2D eigenvalue weighted by atomic mass is 16.2. The minimum atomic E-state index is -0.356. The van der Waals surface area contributed by atoms with Crippen LogP contribution in [0.15, 0.2) is 73.2 Å². The van der Waals surface area contributed by atoms with Gasteiger partial charge in [-0.05, 0) is 42.0 Å². The summed E-state index contributed by atoms with van der Waals surface area (Å²) in [6, 6.07) is 15.6. The van der Waals surface area contributed by atoms with Crippen LogP contribution in [0.3, 0.4) is 0 Å². The Labute approximate surface area is 169 Å². The van der Waals surface area contributed by atoms with Crippen LogP contribution in [0.4, 0.5) is 5.69 Å². The molecule has 3 N–H and O–H groups in total. The standard InChI is InChI=1S/C22H23N5O2/c1-27(21(28)14-19-4-2-3-11-25-19)15-20(23)16-5-7-17(8-6-16)22(29)26-18-9-12-24-13-10-18/h2-13,20H,14-15,23H2,1H3,(H,24,26,29). The van der Waals surface area contributed by atoms with Gasteiger partial charge in [-0.2, -0.15) is 0 Å². The van der Waals surface area contributed by atoms with Crippen molar-refractivity contribution in [2.75, 3.05) is 18.9 Å². The van der Waals surface area contributed by atoms with Crippen LogP contribution in [0, 0.1) is 0 Å². The van der Waals surface area contributed by atoms with Crippen molar-refractivity contribution < 1.29 is 9.59 Å². The van der Waals surface area contributed by atoms with E-state index in [0.717, 1.165) is 11.3 Å². The van der Waals surface area contributed by atoms with Crippen LogP contribution in [0.25, 0.3) is 0 Å². The van der Waals surface area contributed by atoms with Crippen LogP contribution < -0.4 is 11.1 Å². The first-order valence-corrected chi connectivity index (χ1v) is 9.23. The van der Waals surface area contributed by atoms with Gasteiger partial charge in [0.2, 0.25) is 5.91 Å². The van der Waals surface area contributed by atoms with Gasteiger partial charge in [0.25, 0.3) is 5.91 Å². The van der Waals surface area contributed by atoms with E-state index in [4.69, 9.17) is 5.73 Å². The number of nitrogens with two attached hydrogens (primary N) is 1. The minimum absolute atomic E-state index is 0.0486. The first-order valence-electron chi connectivity index (χ1n) is 9.23. The van der Waals surface area contributed by atoms with E-state index in [1.165, 1.54) is 0 Å².